The van der Waals surface area contributed by atoms with Gasteiger partial charge in [-0.25, -0.2) is 15.0 Å². The highest BCUT2D eigenvalue weighted by molar-refractivity contribution is 6.13. The third-order valence-corrected chi connectivity index (χ3v) is 17.1. The Balaban J connectivity index is 1.10. The van der Waals surface area contributed by atoms with E-state index in [2.05, 4.69) is 285 Å². The van der Waals surface area contributed by atoms with Crippen molar-refractivity contribution in [2.24, 2.45) is 0 Å². The number of hydrogen-bond acceptors (Lipinski definition) is 6. The number of fused-ring (bicyclic) bond motifs is 6. The Morgan fingerprint density at radius 2 is 0.793 bits per heavy atom. The standard InChI is InChI=1S/C79H72N8/c1-76(2,3)54-40-52(41-55(45-54)77(4,5)6)74-82-73(83-75(84-74)53-42-56(78(7,8)9)46-57(43-53)79(10,11)12)51-32-35-70(86-67-29-21-19-27-61(67)62-28-20-22-30-68(62)86)65(44-51)63-37-38-81-49-72(63)87-69-34-31-50(48-80)39-64(69)66-47-60(33-36-71(66)87)85(58-23-15-13-16-24-58)59-25-17-14-18-26-59/h13-47,49H,1-12H3. The maximum absolute atomic E-state index is 10.5. The Bertz CT molecular complexity index is 4610. The summed E-state index contributed by atoms with van der Waals surface area (Å²) < 4.78 is 4.72. The van der Waals surface area contributed by atoms with Gasteiger partial charge in [-0.05, 0) is 165 Å². The third kappa shape index (κ3) is 10.4. The van der Waals surface area contributed by atoms with Crippen LogP contribution in [0.4, 0.5) is 17.1 Å². The molecule has 0 aliphatic heterocycles. The first-order valence-electron chi connectivity index (χ1n) is 30.2. The normalized spacial score (nSPS) is 12.4. The summed E-state index contributed by atoms with van der Waals surface area (Å²) in [5, 5.41) is 14.8. The van der Waals surface area contributed by atoms with Gasteiger partial charge in [0.15, 0.2) is 17.5 Å². The van der Waals surface area contributed by atoms with Gasteiger partial charge < -0.3 is 14.0 Å². The van der Waals surface area contributed by atoms with Crippen LogP contribution < -0.4 is 4.90 Å². The molecule has 0 fully saturated rings. The maximum Gasteiger partial charge on any atom is 0.164 e. The van der Waals surface area contributed by atoms with Crippen LogP contribution >= 0.6 is 0 Å². The zero-order valence-electron chi connectivity index (χ0n) is 51.9. The molecule has 0 radical (unpaired) electrons. The largest absolute Gasteiger partial charge is 0.310 e. The fourth-order valence-corrected chi connectivity index (χ4v) is 12.1. The van der Waals surface area contributed by atoms with Crippen LogP contribution in [-0.2, 0) is 21.7 Å². The number of benzene rings is 9. The van der Waals surface area contributed by atoms with Crippen LogP contribution in [-0.4, -0.2) is 29.1 Å². The lowest BCUT2D eigenvalue weighted by molar-refractivity contribution is 0.568. The number of aromatic nitrogens is 6. The van der Waals surface area contributed by atoms with E-state index in [4.69, 9.17) is 19.9 Å². The topological polar surface area (TPSA) is 88.4 Å². The Hall–Kier alpha value is -9.97. The molecule has 87 heavy (non-hydrogen) atoms. The van der Waals surface area contributed by atoms with Gasteiger partial charge in [-0.3, -0.25) is 4.98 Å². The van der Waals surface area contributed by atoms with Crippen LogP contribution in [0.25, 0.3) is 100 Å². The lowest BCUT2D eigenvalue weighted by atomic mass is 9.79. The van der Waals surface area contributed by atoms with Gasteiger partial charge in [0.1, 0.15) is 0 Å². The first-order valence-corrected chi connectivity index (χ1v) is 30.2. The number of hydrogen-bond donors (Lipinski definition) is 0. The van der Waals surface area contributed by atoms with E-state index in [1.807, 2.05) is 36.7 Å². The van der Waals surface area contributed by atoms with Crippen molar-refractivity contribution in [3.05, 3.63) is 246 Å². The molecule has 0 aliphatic carbocycles. The maximum atomic E-state index is 10.5. The molecule has 0 N–H and O–H groups in total. The van der Waals surface area contributed by atoms with Crippen molar-refractivity contribution in [3.63, 3.8) is 0 Å². The number of nitrogens with zero attached hydrogens (tertiary/aromatic N) is 8. The van der Waals surface area contributed by atoms with Crippen LogP contribution in [0.3, 0.4) is 0 Å². The molecule has 4 heterocycles. The molecule has 8 nitrogen and oxygen atoms in total. The molecule has 0 saturated carbocycles. The van der Waals surface area contributed by atoms with Crippen LogP contribution in [0.2, 0.25) is 0 Å². The molecule has 0 bridgehead atoms. The van der Waals surface area contributed by atoms with Crippen molar-refractivity contribution in [2.75, 3.05) is 4.90 Å². The zero-order chi connectivity index (χ0) is 60.7. The van der Waals surface area contributed by atoms with Crippen molar-refractivity contribution in [2.45, 2.75) is 105 Å². The zero-order valence-corrected chi connectivity index (χ0v) is 51.9. The SMILES string of the molecule is CC(C)(C)c1cc(-c2nc(-c3cc(C(C)(C)C)cc(C(C)(C)C)c3)nc(-c3ccc(-n4c5ccccc5c5ccccc54)c(-c4ccncc4-n4c5ccc(C#N)cc5c5cc(N(c6ccccc6)c6ccccc6)ccc54)c3)n2)cc(C(C)(C)C)c1. The summed E-state index contributed by atoms with van der Waals surface area (Å²) in [6.07, 6.45) is 3.87. The molecule has 0 saturated heterocycles. The Kier molecular flexibility index (Phi) is 13.7. The lowest BCUT2D eigenvalue weighted by Gasteiger charge is -2.26. The smallest absolute Gasteiger partial charge is 0.164 e. The summed E-state index contributed by atoms with van der Waals surface area (Å²) in [6.45, 7) is 27.3. The number of anilines is 3. The van der Waals surface area contributed by atoms with E-state index >= 15 is 0 Å². The molecule has 0 atom stereocenters. The van der Waals surface area contributed by atoms with E-state index in [1.165, 1.54) is 22.3 Å². The monoisotopic (exact) mass is 1130 g/mol. The Morgan fingerprint density at radius 3 is 1.29 bits per heavy atom. The molecule has 0 unspecified atom stereocenters. The molecule has 0 amide bonds. The quantitative estimate of drug-likeness (QED) is 0.143. The molecule has 0 spiro atoms. The average Bonchev–Trinajstić information content (AvgIpc) is 1.66. The van der Waals surface area contributed by atoms with Gasteiger partial charge in [-0.1, -0.05) is 168 Å². The lowest BCUT2D eigenvalue weighted by Crippen LogP contribution is -2.17. The first kappa shape index (κ1) is 56.2. The minimum atomic E-state index is -0.140. The molecule has 13 rings (SSSR count). The predicted octanol–water partition coefficient (Wildman–Crippen LogP) is 20.7. The molecule has 8 heteroatoms. The number of nitriles is 1. The molecule has 4 aromatic heterocycles. The van der Waals surface area contributed by atoms with Crippen molar-refractivity contribution in [1.82, 2.24) is 29.1 Å². The minimum absolute atomic E-state index is 0.140. The molecular formula is C79H72N8. The predicted molar refractivity (Wildman–Crippen MR) is 362 cm³/mol. The molecule has 13 aromatic rings. The summed E-state index contributed by atoms with van der Waals surface area (Å²) in [4.78, 5) is 23.9. The summed E-state index contributed by atoms with van der Waals surface area (Å²) in [6, 6.07) is 76.0. The number of rotatable bonds is 9. The summed E-state index contributed by atoms with van der Waals surface area (Å²) in [5.41, 5.74) is 18.5. The Morgan fingerprint density at radius 1 is 0.356 bits per heavy atom. The molecule has 9 aromatic carbocycles. The van der Waals surface area contributed by atoms with E-state index in [0.29, 0.717) is 23.0 Å². The summed E-state index contributed by atoms with van der Waals surface area (Å²) in [7, 11) is 0. The highest BCUT2D eigenvalue weighted by Gasteiger charge is 2.28. The van der Waals surface area contributed by atoms with Gasteiger partial charge in [0.2, 0.25) is 0 Å². The van der Waals surface area contributed by atoms with E-state index in [9.17, 15) is 5.26 Å². The van der Waals surface area contributed by atoms with Crippen molar-refractivity contribution in [1.29, 1.82) is 5.26 Å². The van der Waals surface area contributed by atoms with E-state index in [-0.39, 0.29) is 21.7 Å². The third-order valence-electron chi connectivity index (χ3n) is 17.1. The minimum Gasteiger partial charge on any atom is -0.310 e. The fraction of sp³-hybridized carbons (Fsp3) is 0.203. The van der Waals surface area contributed by atoms with Crippen LogP contribution in [0.5, 0.6) is 0 Å². The second-order valence-corrected chi connectivity index (χ2v) is 27.3. The molecular weight excluding hydrogens is 1060 g/mol. The van der Waals surface area contributed by atoms with E-state index in [1.54, 1.807) is 0 Å². The molecule has 0 aliphatic rings. The van der Waals surface area contributed by atoms with Gasteiger partial charge in [0.05, 0.1) is 51.3 Å². The van der Waals surface area contributed by atoms with Crippen LogP contribution in [0, 0.1) is 11.3 Å². The first-order chi connectivity index (χ1) is 41.6. The van der Waals surface area contributed by atoms with Gasteiger partial charge in [-0.15, -0.1) is 0 Å². The summed E-state index contributed by atoms with van der Waals surface area (Å²) in [5.74, 6) is 1.79. The van der Waals surface area contributed by atoms with Gasteiger partial charge >= 0.3 is 0 Å². The van der Waals surface area contributed by atoms with Crippen LogP contribution in [0.15, 0.2) is 219 Å². The van der Waals surface area contributed by atoms with Crippen molar-refractivity contribution >= 4 is 60.7 Å². The second-order valence-electron chi connectivity index (χ2n) is 27.3. The fourth-order valence-electron chi connectivity index (χ4n) is 12.1. The number of para-hydroxylation sites is 4. The van der Waals surface area contributed by atoms with Gasteiger partial charge in [0, 0.05) is 72.6 Å². The van der Waals surface area contributed by atoms with Gasteiger partial charge in [0.25, 0.3) is 0 Å². The van der Waals surface area contributed by atoms with Crippen molar-refractivity contribution < 1.29 is 0 Å². The summed E-state index contributed by atoms with van der Waals surface area (Å²) >= 11 is 0. The highest BCUT2D eigenvalue weighted by atomic mass is 15.1. The van der Waals surface area contributed by atoms with Crippen LogP contribution in [0.1, 0.15) is 111 Å². The van der Waals surface area contributed by atoms with E-state index < -0.39 is 0 Å². The second kappa shape index (κ2) is 21.2. The number of pyridine rings is 1. The molecule has 428 valence electrons. The van der Waals surface area contributed by atoms with E-state index in [0.717, 1.165) is 99.9 Å². The Labute approximate surface area is 511 Å². The average molecular weight is 1130 g/mol. The highest BCUT2D eigenvalue weighted by Crippen LogP contribution is 2.45. The van der Waals surface area contributed by atoms with Gasteiger partial charge in [-0.2, -0.15) is 5.26 Å². The van der Waals surface area contributed by atoms with Crippen molar-refractivity contribution in [3.8, 4) is 62.7 Å².